The first kappa shape index (κ1) is 10.2. The number of rotatable bonds is 0. The third-order valence-corrected chi connectivity index (χ3v) is 2.22. The highest BCUT2D eigenvalue weighted by Gasteiger charge is 2.25. The fourth-order valence-corrected chi connectivity index (χ4v) is 1.44. The van der Waals surface area contributed by atoms with E-state index in [1.807, 2.05) is 0 Å². The summed E-state index contributed by atoms with van der Waals surface area (Å²) in [5.41, 5.74) is 5.62. The largest absolute Gasteiger partial charge is 0.391 e. The van der Waals surface area contributed by atoms with Crippen LogP contribution >= 0.6 is 12.4 Å². The number of aliphatic hydroxyl groups is 1. The molecule has 3 atom stereocenters. The molecular weight excluding hydrogens is 150 g/mol. The zero-order valence-electron chi connectivity index (χ0n) is 6.29. The molecule has 0 amide bonds. The minimum atomic E-state index is -0.251. The summed E-state index contributed by atoms with van der Waals surface area (Å²) in [6.07, 6.45) is 3.05. The predicted octanol–water partition coefficient (Wildman–Crippen LogP) is 0.916. The van der Waals surface area contributed by atoms with Gasteiger partial charge in [-0.1, -0.05) is 13.3 Å². The van der Waals surface area contributed by atoms with Gasteiger partial charge >= 0.3 is 0 Å². The first-order valence-corrected chi connectivity index (χ1v) is 3.65. The number of aliphatic hydroxyl groups excluding tert-OH is 1. The fraction of sp³-hybridized carbons (Fsp3) is 1.00. The van der Waals surface area contributed by atoms with Crippen molar-refractivity contribution in [1.29, 1.82) is 0 Å². The van der Waals surface area contributed by atoms with Gasteiger partial charge in [0.1, 0.15) is 0 Å². The molecule has 0 aromatic rings. The maximum Gasteiger partial charge on any atom is 0.0716 e. The van der Waals surface area contributed by atoms with Gasteiger partial charge in [-0.3, -0.25) is 0 Å². The average Bonchev–Trinajstić information content (AvgIpc) is 1.83. The standard InChI is InChI=1S/C7H15NO.ClH/c1-5-3-2-4-6(8)7(5)9;/h5-7,9H,2-4,8H2,1H3;1H/t5-,6-,7-;/m1./s1. The number of hydrogen-bond donors (Lipinski definition) is 2. The van der Waals surface area contributed by atoms with Crippen LogP contribution in [0.1, 0.15) is 26.2 Å². The minimum Gasteiger partial charge on any atom is -0.391 e. The van der Waals surface area contributed by atoms with Gasteiger partial charge < -0.3 is 10.8 Å². The molecule has 62 valence electrons. The van der Waals surface area contributed by atoms with Crippen molar-refractivity contribution in [3.8, 4) is 0 Å². The molecule has 1 fully saturated rings. The molecule has 2 nitrogen and oxygen atoms in total. The van der Waals surface area contributed by atoms with E-state index in [-0.39, 0.29) is 24.6 Å². The van der Waals surface area contributed by atoms with Crippen LogP contribution in [-0.4, -0.2) is 17.3 Å². The predicted molar refractivity (Wildman–Crippen MR) is 44.2 cm³/mol. The smallest absolute Gasteiger partial charge is 0.0716 e. The molecule has 3 heteroatoms. The van der Waals surface area contributed by atoms with Crippen LogP contribution in [0.5, 0.6) is 0 Å². The van der Waals surface area contributed by atoms with Gasteiger partial charge in [-0.15, -0.1) is 12.4 Å². The van der Waals surface area contributed by atoms with Crippen molar-refractivity contribution < 1.29 is 5.11 Å². The van der Waals surface area contributed by atoms with Crippen molar-refractivity contribution in [2.75, 3.05) is 0 Å². The van der Waals surface area contributed by atoms with Gasteiger partial charge in [0.2, 0.25) is 0 Å². The summed E-state index contributed by atoms with van der Waals surface area (Å²) in [6, 6.07) is 0.0359. The van der Waals surface area contributed by atoms with Crippen LogP contribution in [-0.2, 0) is 0 Å². The summed E-state index contributed by atoms with van der Waals surface area (Å²) in [6.45, 7) is 2.06. The number of halogens is 1. The van der Waals surface area contributed by atoms with Crippen molar-refractivity contribution >= 4 is 12.4 Å². The summed E-state index contributed by atoms with van der Waals surface area (Å²) in [5.74, 6) is 0.411. The van der Waals surface area contributed by atoms with Gasteiger partial charge in [0.25, 0.3) is 0 Å². The van der Waals surface area contributed by atoms with E-state index < -0.39 is 0 Å². The van der Waals surface area contributed by atoms with Crippen LogP contribution in [0.15, 0.2) is 0 Å². The molecule has 10 heavy (non-hydrogen) atoms. The molecule has 1 saturated carbocycles. The van der Waals surface area contributed by atoms with E-state index in [4.69, 9.17) is 5.73 Å². The molecule has 1 aliphatic carbocycles. The third kappa shape index (κ3) is 2.11. The average molecular weight is 166 g/mol. The number of nitrogens with two attached hydrogens (primary N) is 1. The zero-order valence-corrected chi connectivity index (χ0v) is 7.10. The molecule has 1 rings (SSSR count). The lowest BCUT2D eigenvalue weighted by Crippen LogP contribution is -2.42. The van der Waals surface area contributed by atoms with Gasteiger partial charge in [0, 0.05) is 6.04 Å². The second-order valence-corrected chi connectivity index (χ2v) is 3.06. The van der Waals surface area contributed by atoms with E-state index in [0.29, 0.717) is 5.92 Å². The Morgan fingerprint density at radius 1 is 1.40 bits per heavy atom. The Labute approximate surface area is 68.2 Å². The van der Waals surface area contributed by atoms with E-state index in [9.17, 15) is 5.11 Å². The highest BCUT2D eigenvalue weighted by Crippen LogP contribution is 2.22. The summed E-state index contributed by atoms with van der Waals surface area (Å²) in [4.78, 5) is 0. The van der Waals surface area contributed by atoms with Gasteiger partial charge in [0.15, 0.2) is 0 Å². The Morgan fingerprint density at radius 2 is 2.00 bits per heavy atom. The van der Waals surface area contributed by atoms with Crippen LogP contribution in [0.25, 0.3) is 0 Å². The molecule has 3 N–H and O–H groups in total. The van der Waals surface area contributed by atoms with E-state index in [1.165, 1.54) is 6.42 Å². The molecule has 0 aliphatic heterocycles. The summed E-state index contributed by atoms with van der Waals surface area (Å²) < 4.78 is 0. The van der Waals surface area contributed by atoms with Crippen molar-refractivity contribution in [3.63, 3.8) is 0 Å². The van der Waals surface area contributed by atoms with Crippen LogP contribution < -0.4 is 5.73 Å². The quantitative estimate of drug-likeness (QED) is 0.561. The van der Waals surface area contributed by atoms with Crippen LogP contribution in [0.2, 0.25) is 0 Å². The zero-order chi connectivity index (χ0) is 6.85. The monoisotopic (exact) mass is 165 g/mol. The highest BCUT2D eigenvalue weighted by atomic mass is 35.5. The minimum absolute atomic E-state index is 0. The maximum absolute atomic E-state index is 9.32. The van der Waals surface area contributed by atoms with Crippen molar-refractivity contribution in [1.82, 2.24) is 0 Å². The fourth-order valence-electron chi connectivity index (χ4n) is 1.44. The molecule has 0 spiro atoms. The van der Waals surface area contributed by atoms with Gasteiger partial charge in [0.05, 0.1) is 6.10 Å². The van der Waals surface area contributed by atoms with Crippen molar-refractivity contribution in [2.45, 2.75) is 38.3 Å². The van der Waals surface area contributed by atoms with Crippen molar-refractivity contribution in [3.05, 3.63) is 0 Å². The van der Waals surface area contributed by atoms with Gasteiger partial charge in [-0.25, -0.2) is 0 Å². The maximum atomic E-state index is 9.32. The lowest BCUT2D eigenvalue weighted by Gasteiger charge is -2.29. The topological polar surface area (TPSA) is 46.2 Å². The molecule has 0 bridgehead atoms. The molecule has 0 saturated heterocycles. The third-order valence-electron chi connectivity index (χ3n) is 2.22. The first-order valence-electron chi connectivity index (χ1n) is 3.65. The summed E-state index contributed by atoms with van der Waals surface area (Å²) in [5, 5.41) is 9.32. The summed E-state index contributed by atoms with van der Waals surface area (Å²) in [7, 11) is 0. The molecular formula is C7H16ClNO. The second-order valence-electron chi connectivity index (χ2n) is 3.06. The van der Waals surface area contributed by atoms with E-state index in [2.05, 4.69) is 6.92 Å². The lowest BCUT2D eigenvalue weighted by atomic mass is 9.85. The Bertz CT molecular complexity index is 89.6. The van der Waals surface area contributed by atoms with Crippen LogP contribution in [0, 0.1) is 5.92 Å². The SMILES string of the molecule is C[C@@H]1CCC[C@@H](N)[C@@H]1O.Cl. The normalized spacial score (nSPS) is 40.5. The van der Waals surface area contributed by atoms with E-state index in [1.54, 1.807) is 0 Å². The van der Waals surface area contributed by atoms with Gasteiger partial charge in [-0.2, -0.15) is 0 Å². The molecule has 0 unspecified atom stereocenters. The highest BCUT2D eigenvalue weighted by molar-refractivity contribution is 5.85. The first-order chi connectivity index (χ1) is 4.22. The lowest BCUT2D eigenvalue weighted by molar-refractivity contribution is 0.0601. The Morgan fingerprint density at radius 3 is 2.40 bits per heavy atom. The van der Waals surface area contributed by atoms with Crippen molar-refractivity contribution in [2.24, 2.45) is 11.7 Å². The van der Waals surface area contributed by atoms with Crippen LogP contribution in [0.4, 0.5) is 0 Å². The second kappa shape index (κ2) is 4.16. The Hall–Kier alpha value is 0.210. The van der Waals surface area contributed by atoms with E-state index in [0.717, 1.165) is 12.8 Å². The molecule has 0 heterocycles. The molecule has 1 aliphatic rings. The van der Waals surface area contributed by atoms with Gasteiger partial charge in [-0.05, 0) is 18.8 Å². The Kier molecular flexibility index (Phi) is 4.25. The molecule has 0 radical (unpaired) electrons. The van der Waals surface area contributed by atoms with Crippen LogP contribution in [0.3, 0.4) is 0 Å². The number of hydrogen-bond acceptors (Lipinski definition) is 2. The summed E-state index contributed by atoms with van der Waals surface area (Å²) >= 11 is 0. The molecule has 0 aromatic heterocycles. The Balaban J connectivity index is 0.000000810. The van der Waals surface area contributed by atoms with E-state index >= 15 is 0 Å². The molecule has 0 aromatic carbocycles.